The second-order valence-corrected chi connectivity index (χ2v) is 8.59. The number of hydrogen-bond acceptors (Lipinski definition) is 9. The van der Waals surface area contributed by atoms with Gasteiger partial charge in [-0.15, -0.1) is 0 Å². The van der Waals surface area contributed by atoms with Crippen LogP contribution in [-0.2, 0) is 28.5 Å². The molecule has 1 amide bonds. The number of rotatable bonds is 8. The van der Waals surface area contributed by atoms with Crippen LogP contribution in [0.15, 0.2) is 66.2 Å². The maximum Gasteiger partial charge on any atom is 0.341 e. The van der Waals surface area contributed by atoms with Crippen molar-refractivity contribution in [2.45, 2.75) is 50.0 Å². The van der Waals surface area contributed by atoms with Crippen molar-refractivity contribution in [1.29, 1.82) is 0 Å². The molecule has 0 aliphatic carbocycles. The average molecular weight is 500 g/mol. The normalized spacial score (nSPS) is 29.1. The molecule has 2 aromatic carbocycles. The van der Waals surface area contributed by atoms with Gasteiger partial charge in [0.05, 0.1) is 12.2 Å². The molecular weight excluding hydrogens is 470 g/mol. The summed E-state index contributed by atoms with van der Waals surface area (Å²) < 4.78 is 22.4. The molecule has 36 heavy (non-hydrogen) atoms. The van der Waals surface area contributed by atoms with E-state index in [1.54, 1.807) is 60.7 Å². The Kier molecular flexibility index (Phi) is 8.14. The fourth-order valence-electron chi connectivity index (χ4n) is 4.39. The van der Waals surface area contributed by atoms with E-state index < -0.39 is 54.9 Å². The third-order valence-electron chi connectivity index (χ3n) is 6.09. The van der Waals surface area contributed by atoms with E-state index in [9.17, 15) is 24.9 Å². The van der Waals surface area contributed by atoms with Gasteiger partial charge in [-0.3, -0.25) is 4.79 Å². The summed E-state index contributed by atoms with van der Waals surface area (Å²) in [7, 11) is 1.40. The fraction of sp³-hybridized carbons (Fsp3) is 0.385. The molecule has 0 saturated carbocycles. The minimum Gasteiger partial charge on any atom is -0.428 e. The number of aliphatic hydroxyl groups excluding tert-OH is 3. The Bertz CT molecular complexity index is 1090. The van der Waals surface area contributed by atoms with E-state index in [0.29, 0.717) is 11.1 Å². The van der Waals surface area contributed by atoms with E-state index in [4.69, 9.17) is 18.9 Å². The molecule has 192 valence electrons. The molecule has 2 heterocycles. The van der Waals surface area contributed by atoms with Gasteiger partial charge in [-0.25, -0.2) is 4.79 Å². The smallest absolute Gasteiger partial charge is 0.341 e. The van der Waals surface area contributed by atoms with Crippen molar-refractivity contribution in [3.8, 4) is 0 Å². The topological polar surface area (TPSA) is 144 Å². The van der Waals surface area contributed by atoms with Crippen LogP contribution in [0, 0.1) is 0 Å². The maximum atomic E-state index is 13.0. The summed E-state index contributed by atoms with van der Waals surface area (Å²) in [5, 5.41) is 35.0. The summed E-state index contributed by atoms with van der Waals surface area (Å²) in [5.41, 5.74) is 1.31. The van der Waals surface area contributed by atoms with Gasteiger partial charge in [0.15, 0.2) is 6.29 Å². The molecule has 2 aliphatic heterocycles. The predicted octanol–water partition coefficient (Wildman–Crippen LogP) is 0.671. The summed E-state index contributed by atoms with van der Waals surface area (Å²) in [6.07, 6.45) is -7.86. The minimum atomic E-state index is -1.47. The molecule has 0 aromatic heterocycles. The van der Waals surface area contributed by atoms with Crippen LogP contribution >= 0.6 is 0 Å². The third-order valence-corrected chi connectivity index (χ3v) is 6.09. The number of cyclic esters (lactones) is 1. The number of benzene rings is 2. The zero-order valence-electron chi connectivity index (χ0n) is 19.8. The van der Waals surface area contributed by atoms with E-state index in [-0.39, 0.29) is 17.8 Å². The van der Waals surface area contributed by atoms with Crippen LogP contribution in [0.3, 0.4) is 0 Å². The lowest BCUT2D eigenvalue weighted by atomic mass is 9.93. The number of aliphatic hydroxyl groups is 3. The number of methoxy groups -OCH3 is 1. The molecule has 4 rings (SSSR count). The number of amides is 1. The van der Waals surface area contributed by atoms with Gasteiger partial charge in [-0.1, -0.05) is 60.7 Å². The van der Waals surface area contributed by atoms with Crippen LogP contribution in [0.25, 0.3) is 5.57 Å². The first-order valence-corrected chi connectivity index (χ1v) is 11.5. The van der Waals surface area contributed by atoms with Crippen LogP contribution in [0.4, 0.5) is 0 Å². The van der Waals surface area contributed by atoms with Crippen LogP contribution in [0.1, 0.15) is 24.2 Å². The van der Waals surface area contributed by atoms with Gasteiger partial charge in [-0.05, 0) is 11.1 Å². The quantitative estimate of drug-likeness (QED) is 0.385. The Morgan fingerprint density at radius 1 is 1.06 bits per heavy atom. The van der Waals surface area contributed by atoms with Gasteiger partial charge in [-0.2, -0.15) is 0 Å². The Balaban J connectivity index is 1.73. The van der Waals surface area contributed by atoms with Crippen LogP contribution in [0.5, 0.6) is 0 Å². The van der Waals surface area contributed by atoms with Gasteiger partial charge < -0.3 is 39.6 Å². The van der Waals surface area contributed by atoms with E-state index in [2.05, 4.69) is 5.32 Å². The zero-order chi connectivity index (χ0) is 25.8. The molecule has 0 radical (unpaired) electrons. The molecule has 2 aromatic rings. The highest BCUT2D eigenvalue weighted by molar-refractivity contribution is 6.19. The Morgan fingerprint density at radius 2 is 1.69 bits per heavy atom. The number of carbonyl (C=O) groups excluding carboxylic acids is 2. The Morgan fingerprint density at radius 3 is 2.31 bits per heavy atom. The van der Waals surface area contributed by atoms with E-state index in [1.807, 2.05) is 0 Å². The Labute approximate surface area is 208 Å². The summed E-state index contributed by atoms with van der Waals surface area (Å²) in [6, 6.07) is 16.2. The van der Waals surface area contributed by atoms with Crippen molar-refractivity contribution in [3.05, 3.63) is 77.4 Å². The lowest BCUT2D eigenvalue weighted by Gasteiger charge is -2.43. The maximum absolute atomic E-state index is 13.0. The van der Waals surface area contributed by atoms with E-state index >= 15 is 0 Å². The van der Waals surface area contributed by atoms with Gasteiger partial charge in [0.2, 0.25) is 12.2 Å². The van der Waals surface area contributed by atoms with Crippen molar-refractivity contribution in [3.63, 3.8) is 0 Å². The number of hydrogen-bond donors (Lipinski definition) is 4. The average Bonchev–Trinajstić information content (AvgIpc) is 3.20. The molecule has 10 nitrogen and oxygen atoms in total. The van der Waals surface area contributed by atoms with E-state index in [0.717, 1.165) is 0 Å². The van der Waals surface area contributed by atoms with E-state index in [1.165, 1.54) is 14.0 Å². The van der Waals surface area contributed by atoms with Gasteiger partial charge in [0.25, 0.3) is 0 Å². The number of carbonyl (C=O) groups is 2. The van der Waals surface area contributed by atoms with Gasteiger partial charge in [0.1, 0.15) is 30.5 Å². The second-order valence-electron chi connectivity index (χ2n) is 8.59. The summed E-state index contributed by atoms with van der Waals surface area (Å²) in [5.74, 6) is -1.21. The number of ether oxygens (including phenoxy) is 4. The minimum absolute atomic E-state index is 0.0695. The van der Waals surface area contributed by atoms with Crippen LogP contribution in [-0.4, -0.2) is 77.8 Å². The van der Waals surface area contributed by atoms with Crippen molar-refractivity contribution in [2.75, 3.05) is 13.7 Å². The first-order chi connectivity index (χ1) is 17.3. The zero-order valence-corrected chi connectivity index (χ0v) is 19.8. The Hall–Kier alpha value is -3.12. The molecular formula is C26H29NO9. The molecule has 10 heteroatoms. The summed E-state index contributed by atoms with van der Waals surface area (Å²) >= 11 is 0. The molecule has 4 N–H and O–H groups in total. The highest BCUT2D eigenvalue weighted by atomic mass is 16.8. The molecule has 2 aliphatic rings. The SMILES string of the molecule is COC[C@H]1O[C@H](OC2OC(=O)C(c3ccccc3)=C2C(O)c2ccccc2)[C@H](NC(C)=O)[C@@H](O)[C@@H]1O. The highest BCUT2D eigenvalue weighted by Gasteiger charge is 2.49. The van der Waals surface area contributed by atoms with Crippen LogP contribution < -0.4 is 5.32 Å². The fourth-order valence-corrected chi connectivity index (χ4v) is 4.39. The lowest BCUT2D eigenvalue weighted by molar-refractivity contribution is -0.301. The molecule has 2 unspecified atom stereocenters. The standard InChI is InChI=1S/C26H29NO9/c1-14(28)27-20-23(31)22(30)17(13-33-2)34-26(20)36-25-19(21(29)16-11-7-4-8-12-16)18(24(32)35-25)15-9-5-3-6-10-15/h3-12,17,20-23,25-26,29-31H,13H2,1-2H3,(H,27,28)/t17-,20-,21?,22-,23-,25?,26-/m1/s1. The van der Waals surface area contributed by atoms with Crippen molar-refractivity contribution in [2.24, 2.45) is 0 Å². The largest absolute Gasteiger partial charge is 0.428 e. The first-order valence-electron chi connectivity index (χ1n) is 11.5. The molecule has 1 saturated heterocycles. The molecule has 1 fully saturated rings. The van der Waals surface area contributed by atoms with Gasteiger partial charge in [0, 0.05) is 19.6 Å². The summed E-state index contributed by atoms with van der Waals surface area (Å²) in [6.45, 7) is 1.17. The summed E-state index contributed by atoms with van der Waals surface area (Å²) in [4.78, 5) is 24.9. The van der Waals surface area contributed by atoms with Gasteiger partial charge >= 0.3 is 5.97 Å². The highest BCUT2D eigenvalue weighted by Crippen LogP contribution is 2.40. The molecule has 0 bridgehead atoms. The second kappa shape index (κ2) is 11.3. The third kappa shape index (κ3) is 5.34. The number of nitrogens with one attached hydrogen (secondary N) is 1. The molecule has 0 spiro atoms. The lowest BCUT2D eigenvalue weighted by Crippen LogP contribution is -2.65. The first kappa shape index (κ1) is 26.0. The monoisotopic (exact) mass is 499 g/mol. The molecule has 7 atom stereocenters. The number of esters is 1. The van der Waals surface area contributed by atoms with Crippen molar-refractivity contribution in [1.82, 2.24) is 5.32 Å². The van der Waals surface area contributed by atoms with Crippen LogP contribution in [0.2, 0.25) is 0 Å². The van der Waals surface area contributed by atoms with Crippen molar-refractivity contribution < 1.29 is 43.9 Å². The predicted molar refractivity (Wildman–Crippen MR) is 126 cm³/mol. The van der Waals surface area contributed by atoms with Crippen molar-refractivity contribution >= 4 is 17.4 Å².